The van der Waals surface area contributed by atoms with Crippen LogP contribution in [0.15, 0.2) is 0 Å². The second kappa shape index (κ2) is 6.86. The van der Waals surface area contributed by atoms with Crippen molar-refractivity contribution in [2.45, 2.75) is 71.3 Å². The maximum absolute atomic E-state index is 11.1. The molecule has 0 N–H and O–H groups in total. The van der Waals surface area contributed by atoms with Gasteiger partial charge in [-0.3, -0.25) is 4.79 Å². The van der Waals surface area contributed by atoms with E-state index < -0.39 is 0 Å². The van der Waals surface area contributed by atoms with Crippen LogP contribution < -0.4 is 0 Å². The average Bonchev–Trinajstić information content (AvgIpc) is 2.27. The van der Waals surface area contributed by atoms with Crippen LogP contribution in [0.3, 0.4) is 0 Å². The van der Waals surface area contributed by atoms with E-state index >= 15 is 0 Å². The number of carbonyl (C=O) groups excluding carboxylic acids is 1. The molecule has 0 aromatic rings. The largest absolute Gasteiger partial charge is 0.463 e. The van der Waals surface area contributed by atoms with Crippen LogP contribution in [0.2, 0.25) is 0 Å². The van der Waals surface area contributed by atoms with Gasteiger partial charge in [0.05, 0.1) is 6.10 Å². The fourth-order valence-electron chi connectivity index (χ4n) is 2.31. The van der Waals surface area contributed by atoms with Gasteiger partial charge in [-0.1, -0.05) is 39.0 Å². The number of esters is 1. The predicted octanol–water partition coefficient (Wildman–Crippen LogP) is 3.69. The third kappa shape index (κ3) is 5.19. The number of carbonyl (C=O) groups is 1. The molecular weight excluding hydrogens is 188 g/mol. The highest BCUT2D eigenvalue weighted by Crippen LogP contribution is 2.27. The van der Waals surface area contributed by atoms with Gasteiger partial charge in [-0.2, -0.15) is 0 Å². The molecule has 1 atom stereocenters. The lowest BCUT2D eigenvalue weighted by Crippen LogP contribution is -2.16. The van der Waals surface area contributed by atoms with E-state index in [4.69, 9.17) is 4.74 Å². The minimum Gasteiger partial charge on any atom is -0.463 e. The number of rotatable bonds is 5. The fraction of sp³-hybridized carbons (Fsp3) is 0.923. The van der Waals surface area contributed by atoms with E-state index in [1.54, 1.807) is 0 Å². The Labute approximate surface area is 93.4 Å². The van der Waals surface area contributed by atoms with Gasteiger partial charge in [0, 0.05) is 6.42 Å². The molecule has 0 saturated heterocycles. The molecule has 0 bridgehead atoms. The van der Waals surface area contributed by atoms with Crippen LogP contribution in [-0.4, -0.2) is 12.1 Å². The van der Waals surface area contributed by atoms with Gasteiger partial charge in [-0.15, -0.1) is 0 Å². The van der Waals surface area contributed by atoms with Crippen molar-refractivity contribution in [1.29, 1.82) is 0 Å². The molecular formula is C13H24O2. The molecule has 1 aliphatic carbocycles. The lowest BCUT2D eigenvalue weighted by Gasteiger charge is -2.22. The molecule has 88 valence electrons. The van der Waals surface area contributed by atoms with Gasteiger partial charge in [0.2, 0.25) is 0 Å². The summed E-state index contributed by atoms with van der Waals surface area (Å²) in [6, 6.07) is 0. The molecule has 2 nitrogen and oxygen atoms in total. The zero-order valence-electron chi connectivity index (χ0n) is 10.1. The van der Waals surface area contributed by atoms with Crippen LogP contribution in [0, 0.1) is 5.92 Å². The van der Waals surface area contributed by atoms with Gasteiger partial charge < -0.3 is 4.74 Å². The first-order chi connectivity index (χ1) is 7.22. The van der Waals surface area contributed by atoms with Gasteiger partial charge in [0.1, 0.15) is 0 Å². The van der Waals surface area contributed by atoms with E-state index in [1.807, 2.05) is 13.8 Å². The van der Waals surface area contributed by atoms with Crippen LogP contribution in [0.1, 0.15) is 65.2 Å². The monoisotopic (exact) mass is 212 g/mol. The van der Waals surface area contributed by atoms with Crippen LogP contribution in [0.4, 0.5) is 0 Å². The Morgan fingerprint density at radius 1 is 1.33 bits per heavy atom. The second-order valence-electron chi connectivity index (χ2n) is 4.74. The Morgan fingerprint density at radius 3 is 2.60 bits per heavy atom. The molecule has 1 aliphatic rings. The molecule has 0 spiro atoms. The molecule has 1 rings (SSSR count). The quantitative estimate of drug-likeness (QED) is 0.650. The molecule has 1 fully saturated rings. The van der Waals surface area contributed by atoms with E-state index in [-0.39, 0.29) is 12.1 Å². The molecule has 0 aromatic heterocycles. The van der Waals surface area contributed by atoms with E-state index in [9.17, 15) is 4.79 Å². The highest BCUT2D eigenvalue weighted by Gasteiger charge is 2.15. The summed E-state index contributed by atoms with van der Waals surface area (Å²) >= 11 is 0. The minimum absolute atomic E-state index is 0.0638. The Morgan fingerprint density at radius 2 is 2.00 bits per heavy atom. The normalized spacial score (nSPS) is 19.9. The summed E-state index contributed by atoms with van der Waals surface area (Å²) in [7, 11) is 0. The lowest BCUT2D eigenvalue weighted by atomic mass is 9.85. The number of hydrogen-bond acceptors (Lipinski definition) is 2. The molecule has 0 amide bonds. The standard InChI is InChI=1S/C13H24O2/c1-3-13(14)15-11(2)9-10-12-7-5-4-6-8-12/h11-12H,3-10H2,1-2H3. The summed E-state index contributed by atoms with van der Waals surface area (Å²) in [6.07, 6.45) is 9.85. The smallest absolute Gasteiger partial charge is 0.305 e. The summed E-state index contributed by atoms with van der Waals surface area (Å²) < 4.78 is 5.25. The Balaban J connectivity index is 2.09. The van der Waals surface area contributed by atoms with Crippen molar-refractivity contribution in [3.8, 4) is 0 Å². The zero-order chi connectivity index (χ0) is 11.1. The number of hydrogen-bond donors (Lipinski definition) is 0. The highest BCUT2D eigenvalue weighted by atomic mass is 16.5. The molecule has 0 aromatic carbocycles. The van der Waals surface area contributed by atoms with Crippen molar-refractivity contribution >= 4 is 5.97 Å². The van der Waals surface area contributed by atoms with E-state index in [1.165, 1.54) is 38.5 Å². The third-order valence-electron chi connectivity index (χ3n) is 3.33. The van der Waals surface area contributed by atoms with Gasteiger partial charge >= 0.3 is 5.97 Å². The van der Waals surface area contributed by atoms with E-state index in [0.717, 1.165) is 12.3 Å². The molecule has 15 heavy (non-hydrogen) atoms. The molecule has 0 aliphatic heterocycles. The predicted molar refractivity (Wildman–Crippen MR) is 61.7 cm³/mol. The van der Waals surface area contributed by atoms with Gasteiger partial charge in [-0.25, -0.2) is 0 Å². The first-order valence-corrected chi connectivity index (χ1v) is 6.41. The van der Waals surface area contributed by atoms with E-state index in [0.29, 0.717) is 6.42 Å². The van der Waals surface area contributed by atoms with Crippen molar-refractivity contribution in [3.63, 3.8) is 0 Å². The second-order valence-corrected chi connectivity index (χ2v) is 4.74. The number of ether oxygens (including phenoxy) is 1. The zero-order valence-corrected chi connectivity index (χ0v) is 10.1. The maximum Gasteiger partial charge on any atom is 0.305 e. The van der Waals surface area contributed by atoms with Gasteiger partial charge in [-0.05, 0) is 25.7 Å². The molecule has 0 radical (unpaired) electrons. The first kappa shape index (κ1) is 12.5. The van der Waals surface area contributed by atoms with E-state index in [2.05, 4.69) is 0 Å². The van der Waals surface area contributed by atoms with Gasteiger partial charge in [0.25, 0.3) is 0 Å². The molecule has 1 unspecified atom stereocenters. The maximum atomic E-state index is 11.1. The lowest BCUT2D eigenvalue weighted by molar-refractivity contribution is -0.148. The van der Waals surface area contributed by atoms with Crippen molar-refractivity contribution < 1.29 is 9.53 Å². The van der Waals surface area contributed by atoms with Crippen LogP contribution in [0.5, 0.6) is 0 Å². The van der Waals surface area contributed by atoms with Crippen molar-refractivity contribution in [3.05, 3.63) is 0 Å². The molecule has 1 saturated carbocycles. The third-order valence-corrected chi connectivity index (χ3v) is 3.33. The highest BCUT2D eigenvalue weighted by molar-refractivity contribution is 5.69. The Kier molecular flexibility index (Phi) is 5.74. The summed E-state index contributed by atoms with van der Waals surface area (Å²) in [5.41, 5.74) is 0. The molecule has 2 heteroatoms. The fourth-order valence-corrected chi connectivity index (χ4v) is 2.31. The molecule has 0 heterocycles. The summed E-state index contributed by atoms with van der Waals surface area (Å²) in [5.74, 6) is 0.827. The van der Waals surface area contributed by atoms with Gasteiger partial charge in [0.15, 0.2) is 0 Å². The summed E-state index contributed by atoms with van der Waals surface area (Å²) in [4.78, 5) is 11.1. The van der Waals surface area contributed by atoms with Crippen molar-refractivity contribution in [2.24, 2.45) is 5.92 Å². The van der Waals surface area contributed by atoms with Crippen molar-refractivity contribution in [2.75, 3.05) is 0 Å². The van der Waals surface area contributed by atoms with Crippen LogP contribution >= 0.6 is 0 Å². The minimum atomic E-state index is -0.0638. The van der Waals surface area contributed by atoms with Crippen LogP contribution in [-0.2, 0) is 9.53 Å². The Bertz CT molecular complexity index is 183. The Hall–Kier alpha value is -0.530. The van der Waals surface area contributed by atoms with Crippen molar-refractivity contribution in [1.82, 2.24) is 0 Å². The topological polar surface area (TPSA) is 26.3 Å². The average molecular weight is 212 g/mol. The summed E-state index contributed by atoms with van der Waals surface area (Å²) in [6.45, 7) is 3.85. The van der Waals surface area contributed by atoms with Crippen LogP contribution in [0.25, 0.3) is 0 Å². The first-order valence-electron chi connectivity index (χ1n) is 6.41. The summed E-state index contributed by atoms with van der Waals surface area (Å²) in [5, 5.41) is 0. The SMILES string of the molecule is CCC(=O)OC(C)CCC1CCCCC1.